The van der Waals surface area contributed by atoms with Crippen molar-refractivity contribution < 1.29 is 19.0 Å². The molecule has 0 bridgehead atoms. The lowest BCUT2D eigenvalue weighted by molar-refractivity contribution is 0.130. The number of nitrogens with zero attached hydrogens (tertiary/aromatic N) is 1. The number of ether oxygens (including phenoxy) is 1. The average molecular weight is 336 g/mol. The largest absolute Gasteiger partial charge is 0.488 e. The summed E-state index contributed by atoms with van der Waals surface area (Å²) < 4.78 is 19.5. The standard InChI is InChI=1S/C18H25FN2O3/c1-12(22)13-8-9-21(11-13)18(23)20-16-7-6-14(19)10-17(16)24-15-4-2-3-5-15/h6-7,10,12-13,15,22H,2-5,8-9,11H2,1H3,(H,20,23)/t12-,13-/m1/s1. The highest BCUT2D eigenvalue weighted by Crippen LogP contribution is 2.31. The third kappa shape index (κ3) is 3.98. The molecule has 1 aromatic carbocycles. The van der Waals surface area contributed by atoms with Crippen molar-refractivity contribution >= 4 is 11.7 Å². The molecule has 0 spiro atoms. The predicted octanol–water partition coefficient (Wildman–Crippen LogP) is 3.38. The van der Waals surface area contributed by atoms with Gasteiger partial charge in [0.25, 0.3) is 0 Å². The molecule has 2 atom stereocenters. The summed E-state index contributed by atoms with van der Waals surface area (Å²) in [6.45, 7) is 2.89. The van der Waals surface area contributed by atoms with Crippen molar-refractivity contribution in [1.82, 2.24) is 4.90 Å². The van der Waals surface area contributed by atoms with Crippen molar-refractivity contribution in [2.45, 2.75) is 51.2 Å². The van der Waals surface area contributed by atoms with Crippen LogP contribution in [0.3, 0.4) is 0 Å². The van der Waals surface area contributed by atoms with Gasteiger partial charge in [-0.2, -0.15) is 0 Å². The molecular weight excluding hydrogens is 311 g/mol. The molecule has 24 heavy (non-hydrogen) atoms. The van der Waals surface area contributed by atoms with Crippen LogP contribution in [0.1, 0.15) is 39.0 Å². The van der Waals surface area contributed by atoms with E-state index in [0.717, 1.165) is 32.1 Å². The van der Waals surface area contributed by atoms with E-state index in [1.54, 1.807) is 17.9 Å². The first-order chi connectivity index (χ1) is 11.5. The Morgan fingerprint density at radius 1 is 1.38 bits per heavy atom. The number of hydrogen-bond donors (Lipinski definition) is 2. The van der Waals surface area contributed by atoms with E-state index in [0.29, 0.717) is 24.5 Å². The molecule has 1 saturated carbocycles. The fourth-order valence-electron chi connectivity index (χ4n) is 3.44. The number of rotatable bonds is 4. The zero-order chi connectivity index (χ0) is 17.1. The van der Waals surface area contributed by atoms with Crippen molar-refractivity contribution in [2.75, 3.05) is 18.4 Å². The number of likely N-dealkylation sites (tertiary alicyclic amines) is 1. The molecule has 132 valence electrons. The first-order valence-electron chi connectivity index (χ1n) is 8.73. The van der Waals surface area contributed by atoms with Crippen LogP contribution >= 0.6 is 0 Å². The molecule has 6 heteroatoms. The van der Waals surface area contributed by atoms with E-state index in [4.69, 9.17) is 4.74 Å². The molecule has 2 amide bonds. The summed E-state index contributed by atoms with van der Waals surface area (Å²) in [5, 5.41) is 12.5. The van der Waals surface area contributed by atoms with Crippen LogP contribution in [0, 0.1) is 11.7 Å². The van der Waals surface area contributed by atoms with Crippen LogP contribution in [0.2, 0.25) is 0 Å². The van der Waals surface area contributed by atoms with E-state index in [2.05, 4.69) is 5.32 Å². The fraction of sp³-hybridized carbons (Fsp3) is 0.611. The Morgan fingerprint density at radius 2 is 2.12 bits per heavy atom. The Morgan fingerprint density at radius 3 is 2.79 bits per heavy atom. The monoisotopic (exact) mass is 336 g/mol. The van der Waals surface area contributed by atoms with Crippen molar-refractivity contribution in [3.05, 3.63) is 24.0 Å². The van der Waals surface area contributed by atoms with Gasteiger partial charge in [-0.25, -0.2) is 9.18 Å². The lowest BCUT2D eigenvalue weighted by Gasteiger charge is -2.21. The van der Waals surface area contributed by atoms with E-state index in [1.165, 1.54) is 12.1 Å². The van der Waals surface area contributed by atoms with Gasteiger partial charge >= 0.3 is 6.03 Å². The summed E-state index contributed by atoms with van der Waals surface area (Å²) >= 11 is 0. The first-order valence-corrected chi connectivity index (χ1v) is 8.73. The second kappa shape index (κ2) is 7.38. The molecular formula is C18H25FN2O3. The molecule has 0 radical (unpaired) electrons. The molecule has 1 aliphatic heterocycles. The molecule has 0 aromatic heterocycles. The molecule has 5 nitrogen and oxygen atoms in total. The number of amides is 2. The van der Waals surface area contributed by atoms with Crippen molar-refractivity contribution in [1.29, 1.82) is 0 Å². The van der Waals surface area contributed by atoms with Crippen LogP contribution in [0.5, 0.6) is 5.75 Å². The normalized spacial score (nSPS) is 22.6. The van der Waals surface area contributed by atoms with Gasteiger partial charge in [0.15, 0.2) is 0 Å². The summed E-state index contributed by atoms with van der Waals surface area (Å²) in [6, 6.07) is 3.96. The number of hydrogen-bond acceptors (Lipinski definition) is 3. The minimum atomic E-state index is -0.421. The Labute approximate surface area is 141 Å². The van der Waals surface area contributed by atoms with Gasteiger partial charge in [-0.15, -0.1) is 0 Å². The Kier molecular flexibility index (Phi) is 5.23. The minimum Gasteiger partial charge on any atom is -0.488 e. The van der Waals surface area contributed by atoms with Crippen LogP contribution in [0.15, 0.2) is 18.2 Å². The number of urea groups is 1. The number of carbonyl (C=O) groups is 1. The van der Waals surface area contributed by atoms with Crippen LogP contribution < -0.4 is 10.1 Å². The summed E-state index contributed by atoms with van der Waals surface area (Å²) in [7, 11) is 0. The van der Waals surface area contributed by atoms with Gasteiger partial charge in [-0.3, -0.25) is 0 Å². The quantitative estimate of drug-likeness (QED) is 0.886. The highest BCUT2D eigenvalue weighted by Gasteiger charge is 2.29. The number of halogens is 1. The molecule has 2 aliphatic rings. The molecule has 1 aliphatic carbocycles. The summed E-state index contributed by atoms with van der Waals surface area (Å²) in [5.41, 5.74) is 0.494. The van der Waals surface area contributed by atoms with E-state index in [1.807, 2.05) is 0 Å². The maximum atomic E-state index is 13.6. The van der Waals surface area contributed by atoms with E-state index in [-0.39, 0.29) is 23.9 Å². The van der Waals surface area contributed by atoms with Gasteiger partial charge in [0.1, 0.15) is 11.6 Å². The van der Waals surface area contributed by atoms with E-state index >= 15 is 0 Å². The summed E-state index contributed by atoms with van der Waals surface area (Å²) in [4.78, 5) is 14.1. The molecule has 1 heterocycles. The van der Waals surface area contributed by atoms with Crippen LogP contribution in [-0.4, -0.2) is 41.3 Å². The average Bonchev–Trinajstić information content (AvgIpc) is 3.21. The predicted molar refractivity (Wildman–Crippen MR) is 89.7 cm³/mol. The molecule has 2 fully saturated rings. The van der Waals surface area contributed by atoms with Gasteiger partial charge < -0.3 is 20.1 Å². The Balaban J connectivity index is 1.66. The van der Waals surface area contributed by atoms with Crippen LogP contribution in [-0.2, 0) is 0 Å². The second-order valence-electron chi connectivity index (χ2n) is 6.83. The molecule has 2 N–H and O–H groups in total. The first kappa shape index (κ1) is 17.0. The van der Waals surface area contributed by atoms with Crippen LogP contribution in [0.4, 0.5) is 14.9 Å². The Hall–Kier alpha value is -1.82. The molecule has 0 unspecified atom stereocenters. The van der Waals surface area contributed by atoms with E-state index in [9.17, 15) is 14.3 Å². The van der Waals surface area contributed by atoms with Gasteiger partial charge in [0.2, 0.25) is 0 Å². The topological polar surface area (TPSA) is 61.8 Å². The third-order valence-corrected chi connectivity index (χ3v) is 4.98. The number of aliphatic hydroxyl groups is 1. The summed E-state index contributed by atoms with van der Waals surface area (Å²) in [6.07, 6.45) is 4.63. The van der Waals surface area contributed by atoms with Gasteiger partial charge in [-0.1, -0.05) is 0 Å². The molecule has 1 aromatic rings. The number of aliphatic hydroxyl groups excluding tert-OH is 1. The SMILES string of the molecule is C[C@@H](O)[C@@H]1CCN(C(=O)Nc2ccc(F)cc2OC2CCCC2)C1. The third-order valence-electron chi connectivity index (χ3n) is 4.98. The van der Waals surface area contributed by atoms with E-state index < -0.39 is 6.10 Å². The summed E-state index contributed by atoms with van der Waals surface area (Å²) in [5.74, 6) is 0.121. The lowest BCUT2D eigenvalue weighted by atomic mass is 10.0. The lowest BCUT2D eigenvalue weighted by Crippen LogP contribution is -2.34. The van der Waals surface area contributed by atoms with Gasteiger partial charge in [0, 0.05) is 25.1 Å². The molecule has 3 rings (SSSR count). The van der Waals surface area contributed by atoms with Crippen molar-refractivity contribution in [3.63, 3.8) is 0 Å². The number of anilines is 1. The van der Waals surface area contributed by atoms with Crippen molar-refractivity contribution in [2.24, 2.45) is 5.92 Å². The van der Waals surface area contributed by atoms with Crippen LogP contribution in [0.25, 0.3) is 0 Å². The fourth-order valence-corrected chi connectivity index (χ4v) is 3.44. The smallest absolute Gasteiger partial charge is 0.321 e. The Bertz CT molecular complexity index is 588. The zero-order valence-corrected chi connectivity index (χ0v) is 14.0. The maximum Gasteiger partial charge on any atom is 0.321 e. The minimum absolute atomic E-state index is 0.0915. The maximum absolute atomic E-state index is 13.6. The van der Waals surface area contributed by atoms with Gasteiger partial charge in [-0.05, 0) is 51.2 Å². The zero-order valence-electron chi connectivity index (χ0n) is 14.0. The molecule has 1 saturated heterocycles. The second-order valence-corrected chi connectivity index (χ2v) is 6.83. The number of nitrogens with one attached hydrogen (secondary N) is 1. The number of benzene rings is 1. The number of carbonyl (C=O) groups excluding carboxylic acids is 1. The van der Waals surface area contributed by atoms with Crippen molar-refractivity contribution in [3.8, 4) is 5.75 Å². The highest BCUT2D eigenvalue weighted by molar-refractivity contribution is 5.91. The highest BCUT2D eigenvalue weighted by atomic mass is 19.1. The van der Waals surface area contributed by atoms with Gasteiger partial charge in [0.05, 0.1) is 17.9 Å².